The average Bonchev–Trinajstić information content (AvgIpc) is 3.08. The van der Waals surface area contributed by atoms with Gasteiger partial charge in [0.05, 0.1) is 5.69 Å². The first-order valence-electron chi connectivity index (χ1n) is 7.60. The lowest BCUT2D eigenvalue weighted by molar-refractivity contribution is 0.0436. The van der Waals surface area contributed by atoms with Gasteiger partial charge in [0, 0.05) is 11.8 Å². The van der Waals surface area contributed by atoms with Crippen LogP contribution in [0.25, 0.3) is 16.9 Å². The van der Waals surface area contributed by atoms with Crippen LogP contribution in [0.15, 0.2) is 60.8 Å². The molecule has 0 aliphatic carbocycles. The maximum absolute atomic E-state index is 13.2. The molecule has 0 aliphatic heterocycles. The number of halogens is 1. The number of rotatable bonds is 4. The van der Waals surface area contributed by atoms with Gasteiger partial charge in [-0.15, -0.1) is 0 Å². The van der Waals surface area contributed by atoms with Crippen molar-refractivity contribution in [2.24, 2.45) is 0 Å². The molecule has 1 aromatic heterocycles. The van der Waals surface area contributed by atoms with Gasteiger partial charge in [-0.1, -0.05) is 18.2 Å². The SMILES string of the molecule is C[C@@H](C#N)OC(=O)c1cn(-c2ccccc2)nc1-c1ccc(F)cc1. The van der Waals surface area contributed by atoms with Crippen LogP contribution < -0.4 is 0 Å². The lowest BCUT2D eigenvalue weighted by Gasteiger charge is -2.05. The third-order valence-electron chi connectivity index (χ3n) is 3.54. The molecule has 1 atom stereocenters. The number of nitrogens with zero attached hydrogens (tertiary/aromatic N) is 3. The number of nitriles is 1. The molecule has 1 heterocycles. The fourth-order valence-electron chi connectivity index (χ4n) is 2.31. The second kappa shape index (κ2) is 6.97. The second-order valence-corrected chi connectivity index (χ2v) is 5.36. The molecule has 5 nitrogen and oxygen atoms in total. The highest BCUT2D eigenvalue weighted by Gasteiger charge is 2.21. The van der Waals surface area contributed by atoms with E-state index in [1.165, 1.54) is 31.2 Å². The maximum atomic E-state index is 13.2. The second-order valence-electron chi connectivity index (χ2n) is 5.36. The fraction of sp³-hybridized carbons (Fsp3) is 0.105. The normalized spacial score (nSPS) is 11.6. The molecule has 0 N–H and O–H groups in total. The van der Waals surface area contributed by atoms with E-state index >= 15 is 0 Å². The minimum Gasteiger partial charge on any atom is -0.444 e. The van der Waals surface area contributed by atoms with Crippen molar-refractivity contribution in [3.8, 4) is 23.0 Å². The topological polar surface area (TPSA) is 67.9 Å². The predicted octanol–water partition coefficient (Wildman–Crippen LogP) is 3.75. The van der Waals surface area contributed by atoms with E-state index in [1.54, 1.807) is 10.9 Å². The smallest absolute Gasteiger partial charge is 0.343 e. The monoisotopic (exact) mass is 335 g/mol. The molecule has 3 rings (SSSR count). The van der Waals surface area contributed by atoms with Crippen LogP contribution in [0.2, 0.25) is 0 Å². The zero-order valence-corrected chi connectivity index (χ0v) is 13.4. The summed E-state index contributed by atoms with van der Waals surface area (Å²) in [6, 6.07) is 16.8. The van der Waals surface area contributed by atoms with Gasteiger partial charge >= 0.3 is 5.97 Å². The van der Waals surface area contributed by atoms with Crippen LogP contribution in [0.1, 0.15) is 17.3 Å². The zero-order valence-electron chi connectivity index (χ0n) is 13.4. The Labute approximate surface area is 143 Å². The Hall–Kier alpha value is -3.46. The van der Waals surface area contributed by atoms with Gasteiger partial charge in [0.25, 0.3) is 0 Å². The molecule has 6 heteroatoms. The molecule has 25 heavy (non-hydrogen) atoms. The van der Waals surface area contributed by atoms with Crippen molar-refractivity contribution in [3.05, 3.63) is 72.2 Å². The van der Waals surface area contributed by atoms with Gasteiger partial charge < -0.3 is 4.74 Å². The summed E-state index contributed by atoms with van der Waals surface area (Å²) < 4.78 is 19.8. The minimum absolute atomic E-state index is 0.206. The number of carbonyl (C=O) groups excluding carboxylic acids is 1. The summed E-state index contributed by atoms with van der Waals surface area (Å²) in [5.74, 6) is -1.04. The Kier molecular flexibility index (Phi) is 4.57. The molecule has 0 aliphatic rings. The molecule has 2 aromatic carbocycles. The van der Waals surface area contributed by atoms with E-state index in [2.05, 4.69) is 5.10 Å². The van der Waals surface area contributed by atoms with Gasteiger partial charge in [-0.25, -0.2) is 13.9 Å². The maximum Gasteiger partial charge on any atom is 0.343 e. The van der Waals surface area contributed by atoms with Gasteiger partial charge in [0.15, 0.2) is 6.10 Å². The summed E-state index contributed by atoms with van der Waals surface area (Å²) >= 11 is 0. The van der Waals surface area contributed by atoms with Crippen molar-refractivity contribution in [2.75, 3.05) is 0 Å². The number of esters is 1. The molecule has 0 unspecified atom stereocenters. The first kappa shape index (κ1) is 16.4. The number of carbonyl (C=O) groups is 1. The molecule has 0 radical (unpaired) electrons. The summed E-state index contributed by atoms with van der Waals surface area (Å²) in [6.07, 6.45) is 0.661. The lowest BCUT2D eigenvalue weighted by atomic mass is 10.1. The molecule has 0 spiro atoms. The molecule has 0 bridgehead atoms. The van der Waals surface area contributed by atoms with Crippen molar-refractivity contribution in [1.29, 1.82) is 5.26 Å². The molecular weight excluding hydrogens is 321 g/mol. The molecule has 0 amide bonds. The van der Waals surface area contributed by atoms with Gasteiger partial charge in [-0.05, 0) is 43.3 Å². The van der Waals surface area contributed by atoms with E-state index in [0.29, 0.717) is 11.3 Å². The number of para-hydroxylation sites is 1. The molecular formula is C19H14FN3O2. The van der Waals surface area contributed by atoms with Crippen LogP contribution in [0.3, 0.4) is 0 Å². The van der Waals surface area contributed by atoms with E-state index in [1.807, 2.05) is 36.4 Å². The van der Waals surface area contributed by atoms with Crippen molar-refractivity contribution >= 4 is 5.97 Å². The Morgan fingerprint density at radius 1 is 1.20 bits per heavy atom. The van der Waals surface area contributed by atoms with E-state index in [4.69, 9.17) is 10.00 Å². The van der Waals surface area contributed by atoms with E-state index < -0.39 is 12.1 Å². The van der Waals surface area contributed by atoms with Crippen molar-refractivity contribution in [3.63, 3.8) is 0 Å². The molecule has 124 valence electrons. The van der Waals surface area contributed by atoms with Gasteiger partial charge in [0.1, 0.15) is 23.1 Å². The largest absolute Gasteiger partial charge is 0.444 e. The summed E-state index contributed by atoms with van der Waals surface area (Å²) in [7, 11) is 0. The summed E-state index contributed by atoms with van der Waals surface area (Å²) in [4.78, 5) is 12.4. The number of benzene rings is 2. The van der Waals surface area contributed by atoms with Gasteiger partial charge in [-0.3, -0.25) is 0 Å². The molecule has 0 fully saturated rings. The Morgan fingerprint density at radius 3 is 2.52 bits per heavy atom. The minimum atomic E-state index is -0.881. The third-order valence-corrected chi connectivity index (χ3v) is 3.54. The van der Waals surface area contributed by atoms with Crippen LogP contribution >= 0.6 is 0 Å². The van der Waals surface area contributed by atoms with E-state index in [0.717, 1.165) is 5.69 Å². The first-order valence-corrected chi connectivity index (χ1v) is 7.60. The zero-order chi connectivity index (χ0) is 17.8. The van der Waals surface area contributed by atoms with Crippen molar-refractivity contribution < 1.29 is 13.9 Å². The number of hydrogen-bond donors (Lipinski definition) is 0. The summed E-state index contributed by atoms with van der Waals surface area (Å²) in [5, 5.41) is 13.3. The Balaban J connectivity index is 2.08. The fourth-order valence-corrected chi connectivity index (χ4v) is 2.31. The highest BCUT2D eigenvalue weighted by Crippen LogP contribution is 2.25. The van der Waals surface area contributed by atoms with E-state index in [9.17, 15) is 9.18 Å². The van der Waals surface area contributed by atoms with Crippen LogP contribution in [0.4, 0.5) is 4.39 Å². The van der Waals surface area contributed by atoms with Crippen molar-refractivity contribution in [1.82, 2.24) is 9.78 Å². The van der Waals surface area contributed by atoms with Crippen LogP contribution in [0.5, 0.6) is 0 Å². The number of hydrogen-bond acceptors (Lipinski definition) is 4. The average molecular weight is 335 g/mol. The molecule has 0 saturated carbocycles. The van der Waals surface area contributed by atoms with Crippen LogP contribution in [-0.2, 0) is 4.74 Å². The third kappa shape index (κ3) is 3.56. The molecule has 0 saturated heterocycles. The van der Waals surface area contributed by atoms with Crippen LogP contribution in [-0.4, -0.2) is 21.9 Å². The summed E-state index contributed by atoms with van der Waals surface area (Å²) in [6.45, 7) is 1.48. The van der Waals surface area contributed by atoms with Crippen LogP contribution in [0, 0.1) is 17.1 Å². The lowest BCUT2D eigenvalue weighted by Crippen LogP contribution is -2.13. The van der Waals surface area contributed by atoms with Gasteiger partial charge in [0.2, 0.25) is 0 Å². The number of ether oxygens (including phenoxy) is 1. The highest BCUT2D eigenvalue weighted by atomic mass is 19.1. The molecule has 3 aromatic rings. The summed E-state index contributed by atoms with van der Waals surface area (Å²) in [5.41, 5.74) is 1.91. The Morgan fingerprint density at radius 2 is 1.88 bits per heavy atom. The predicted molar refractivity (Wildman–Crippen MR) is 89.4 cm³/mol. The van der Waals surface area contributed by atoms with E-state index in [-0.39, 0.29) is 11.4 Å². The standard InChI is InChI=1S/C19H14FN3O2/c1-13(11-21)25-19(24)17-12-23(16-5-3-2-4-6-16)22-18(17)14-7-9-15(20)10-8-14/h2-10,12-13H,1H3/t13-/m0/s1. The van der Waals surface area contributed by atoms with Gasteiger partial charge in [-0.2, -0.15) is 10.4 Å². The van der Waals surface area contributed by atoms with Crippen molar-refractivity contribution in [2.45, 2.75) is 13.0 Å². The number of aromatic nitrogens is 2. The Bertz CT molecular complexity index is 928. The highest BCUT2D eigenvalue weighted by molar-refractivity contribution is 5.96. The quantitative estimate of drug-likeness (QED) is 0.681. The first-order chi connectivity index (χ1) is 12.1.